The molecule has 0 aromatic carbocycles. The van der Waals surface area contributed by atoms with Crippen molar-refractivity contribution in [1.82, 2.24) is 14.5 Å². The monoisotopic (exact) mass is 243 g/mol. The van der Waals surface area contributed by atoms with E-state index in [0.29, 0.717) is 10.9 Å². The molecule has 2 aromatic heterocycles. The van der Waals surface area contributed by atoms with E-state index >= 15 is 0 Å². The number of pyridine rings is 1. The molecule has 0 N–H and O–H groups in total. The molecular formula is C10H11Cl2N3. The van der Waals surface area contributed by atoms with Crippen LogP contribution in [0.1, 0.15) is 12.7 Å². The lowest BCUT2D eigenvalue weighted by Crippen LogP contribution is -2.03. The van der Waals surface area contributed by atoms with Gasteiger partial charge < -0.3 is 4.57 Å². The summed E-state index contributed by atoms with van der Waals surface area (Å²) in [5.41, 5.74) is 1.71. The minimum absolute atomic E-state index is 0.567. The zero-order valence-corrected chi connectivity index (χ0v) is 9.89. The molecular weight excluding hydrogens is 233 g/mol. The van der Waals surface area contributed by atoms with Crippen molar-refractivity contribution in [3.05, 3.63) is 23.1 Å². The maximum atomic E-state index is 5.86. The molecule has 0 unspecified atom stereocenters. The molecule has 0 spiro atoms. The van der Waals surface area contributed by atoms with Crippen molar-refractivity contribution < 1.29 is 0 Å². The Balaban J connectivity index is 2.62. The van der Waals surface area contributed by atoms with Gasteiger partial charge in [-0.1, -0.05) is 11.6 Å². The van der Waals surface area contributed by atoms with Gasteiger partial charge in [0.15, 0.2) is 5.65 Å². The predicted molar refractivity (Wildman–Crippen MR) is 62.6 cm³/mol. The summed E-state index contributed by atoms with van der Waals surface area (Å²) in [5, 5.41) is 0.612. The summed E-state index contributed by atoms with van der Waals surface area (Å²) in [6.07, 6.45) is 2.39. The van der Waals surface area contributed by atoms with Gasteiger partial charge in [0.2, 0.25) is 0 Å². The van der Waals surface area contributed by atoms with Crippen LogP contribution in [0.5, 0.6) is 0 Å². The molecule has 0 fully saturated rings. The highest BCUT2D eigenvalue weighted by atomic mass is 35.5. The molecule has 2 rings (SSSR count). The largest absolute Gasteiger partial charge is 0.313 e. The molecule has 0 radical (unpaired) electrons. The van der Waals surface area contributed by atoms with Crippen LogP contribution in [-0.2, 0) is 13.0 Å². The van der Waals surface area contributed by atoms with Crippen molar-refractivity contribution in [3.63, 3.8) is 0 Å². The molecule has 0 amide bonds. The van der Waals surface area contributed by atoms with Gasteiger partial charge in [0, 0.05) is 25.0 Å². The van der Waals surface area contributed by atoms with Crippen LogP contribution >= 0.6 is 23.2 Å². The van der Waals surface area contributed by atoms with Crippen molar-refractivity contribution in [3.8, 4) is 0 Å². The summed E-state index contributed by atoms with van der Waals surface area (Å²) in [5.74, 6) is 1.54. The number of fused-ring (bicyclic) bond motifs is 1. The average molecular weight is 244 g/mol. The quantitative estimate of drug-likeness (QED) is 0.777. The van der Waals surface area contributed by atoms with Crippen LogP contribution in [0.3, 0.4) is 0 Å². The summed E-state index contributed by atoms with van der Waals surface area (Å²) in [7, 11) is 0. The van der Waals surface area contributed by atoms with Gasteiger partial charge >= 0.3 is 0 Å². The highest BCUT2D eigenvalue weighted by Crippen LogP contribution is 2.18. The van der Waals surface area contributed by atoms with Crippen LogP contribution < -0.4 is 0 Å². The molecule has 0 bridgehead atoms. The number of imidazole rings is 1. The molecule has 15 heavy (non-hydrogen) atoms. The Morgan fingerprint density at radius 1 is 1.47 bits per heavy atom. The molecule has 3 nitrogen and oxygen atoms in total. The zero-order valence-electron chi connectivity index (χ0n) is 8.37. The summed E-state index contributed by atoms with van der Waals surface area (Å²) in [6, 6.07) is 1.83. The fourth-order valence-corrected chi connectivity index (χ4v) is 1.96. The Morgan fingerprint density at radius 2 is 2.27 bits per heavy atom. The molecule has 0 aliphatic carbocycles. The number of alkyl halides is 1. The number of aryl methyl sites for hydroxylation is 2. The van der Waals surface area contributed by atoms with Crippen molar-refractivity contribution >= 4 is 34.4 Å². The van der Waals surface area contributed by atoms with E-state index in [4.69, 9.17) is 23.2 Å². The van der Waals surface area contributed by atoms with Crippen LogP contribution in [0.25, 0.3) is 11.2 Å². The third-order valence-corrected chi connectivity index (χ3v) is 2.66. The maximum Gasteiger partial charge on any atom is 0.160 e. The summed E-state index contributed by atoms with van der Waals surface area (Å²) in [4.78, 5) is 8.75. The van der Waals surface area contributed by atoms with Crippen LogP contribution in [0.15, 0.2) is 12.3 Å². The smallest absolute Gasteiger partial charge is 0.160 e. The lowest BCUT2D eigenvalue weighted by atomic mass is 10.4. The number of aromatic nitrogens is 3. The predicted octanol–water partition coefficient (Wildman–Crippen LogP) is 2.89. The molecule has 0 saturated carbocycles. The second-order valence-corrected chi connectivity index (χ2v) is 4.02. The normalized spacial score (nSPS) is 11.1. The van der Waals surface area contributed by atoms with Gasteiger partial charge in [0.1, 0.15) is 11.3 Å². The van der Waals surface area contributed by atoms with E-state index in [1.807, 2.05) is 6.07 Å². The lowest BCUT2D eigenvalue weighted by Gasteiger charge is -2.02. The number of hydrogen-bond acceptors (Lipinski definition) is 2. The highest BCUT2D eigenvalue weighted by molar-refractivity contribution is 6.31. The molecule has 5 heteroatoms. The van der Waals surface area contributed by atoms with Crippen molar-refractivity contribution in [2.75, 3.05) is 5.88 Å². The van der Waals surface area contributed by atoms with Gasteiger partial charge in [-0.15, -0.1) is 11.6 Å². The summed E-state index contributed by atoms with van der Waals surface area (Å²) >= 11 is 11.6. The van der Waals surface area contributed by atoms with Crippen LogP contribution in [-0.4, -0.2) is 20.4 Å². The lowest BCUT2D eigenvalue weighted by molar-refractivity contribution is 0.720. The van der Waals surface area contributed by atoms with Crippen LogP contribution in [0, 0.1) is 0 Å². The fourth-order valence-electron chi connectivity index (χ4n) is 1.64. The molecule has 2 aromatic rings. The molecule has 2 heterocycles. The van der Waals surface area contributed by atoms with Gasteiger partial charge in [-0.25, -0.2) is 9.97 Å². The van der Waals surface area contributed by atoms with E-state index in [1.54, 1.807) is 6.20 Å². The molecule has 0 aliphatic rings. The first-order valence-electron chi connectivity index (χ1n) is 4.83. The minimum Gasteiger partial charge on any atom is -0.313 e. The third-order valence-electron chi connectivity index (χ3n) is 2.26. The first-order valence-corrected chi connectivity index (χ1v) is 5.74. The van der Waals surface area contributed by atoms with Crippen molar-refractivity contribution in [2.24, 2.45) is 0 Å². The van der Waals surface area contributed by atoms with Gasteiger partial charge in [-0.3, -0.25) is 0 Å². The van der Waals surface area contributed by atoms with Gasteiger partial charge in [0.05, 0.1) is 5.02 Å². The number of hydrogen-bond donors (Lipinski definition) is 0. The molecule has 0 atom stereocenters. The van der Waals surface area contributed by atoms with E-state index < -0.39 is 0 Å². The number of rotatable bonds is 3. The van der Waals surface area contributed by atoms with Gasteiger partial charge in [-0.05, 0) is 13.0 Å². The van der Waals surface area contributed by atoms with E-state index in [0.717, 1.165) is 30.0 Å². The highest BCUT2D eigenvalue weighted by Gasteiger charge is 2.10. The number of nitrogens with zero attached hydrogens (tertiary/aromatic N) is 3. The average Bonchev–Trinajstić information content (AvgIpc) is 2.54. The Morgan fingerprint density at radius 3 is 2.93 bits per heavy atom. The molecule has 80 valence electrons. The minimum atomic E-state index is 0.567. The van der Waals surface area contributed by atoms with Gasteiger partial charge in [0.25, 0.3) is 0 Å². The maximum absolute atomic E-state index is 5.86. The van der Waals surface area contributed by atoms with Gasteiger partial charge in [-0.2, -0.15) is 0 Å². The Hall–Kier alpha value is -0.800. The van der Waals surface area contributed by atoms with E-state index in [-0.39, 0.29) is 0 Å². The molecule has 0 aliphatic heterocycles. The van der Waals surface area contributed by atoms with E-state index in [9.17, 15) is 0 Å². The fraction of sp³-hybridized carbons (Fsp3) is 0.400. The first kappa shape index (κ1) is 10.7. The second kappa shape index (κ2) is 4.37. The topological polar surface area (TPSA) is 30.7 Å². The van der Waals surface area contributed by atoms with Crippen molar-refractivity contribution in [2.45, 2.75) is 19.9 Å². The van der Waals surface area contributed by atoms with Crippen molar-refractivity contribution in [1.29, 1.82) is 0 Å². The Labute approximate surface area is 98.0 Å². The Bertz CT molecular complexity index is 479. The zero-order chi connectivity index (χ0) is 10.8. The SMILES string of the molecule is CCn1c(CCCl)nc2cc(Cl)cnc21. The van der Waals surface area contributed by atoms with E-state index in [2.05, 4.69) is 21.5 Å². The second-order valence-electron chi connectivity index (χ2n) is 3.21. The Kier molecular flexibility index (Phi) is 3.12. The summed E-state index contributed by atoms with van der Waals surface area (Å²) < 4.78 is 2.06. The number of halogens is 2. The van der Waals surface area contributed by atoms with E-state index in [1.165, 1.54) is 0 Å². The van der Waals surface area contributed by atoms with Crippen LogP contribution in [0.4, 0.5) is 0 Å². The molecule has 0 saturated heterocycles. The summed E-state index contributed by atoms with van der Waals surface area (Å²) in [6.45, 7) is 2.91. The van der Waals surface area contributed by atoms with Crippen LogP contribution in [0.2, 0.25) is 5.02 Å². The first-order chi connectivity index (χ1) is 7.26. The standard InChI is InChI=1S/C10H11Cl2N3/c1-2-15-9(3-4-11)14-8-5-7(12)6-13-10(8)15/h5-6H,2-4H2,1H3. The third kappa shape index (κ3) is 1.94.